The van der Waals surface area contributed by atoms with Crippen LogP contribution in [0.1, 0.15) is 106 Å². The zero-order valence-corrected chi connectivity index (χ0v) is 25.1. The van der Waals surface area contributed by atoms with Crippen LogP contribution in [0.2, 0.25) is 0 Å². The monoisotopic (exact) mass is 539 g/mol. The summed E-state index contributed by atoms with van der Waals surface area (Å²) in [6, 6.07) is 5.70. The number of carbonyl (C=O) groups excluding carboxylic acids is 1. The maximum Gasteiger partial charge on any atom is 0.308 e. The summed E-state index contributed by atoms with van der Waals surface area (Å²) in [6.45, 7) is 13.4. The Hall–Kier alpha value is -3.02. The van der Waals surface area contributed by atoms with E-state index in [4.69, 9.17) is 14.2 Å². The molecule has 1 aromatic carbocycles. The van der Waals surface area contributed by atoms with Crippen LogP contribution >= 0.6 is 0 Å². The van der Waals surface area contributed by atoms with E-state index >= 15 is 0 Å². The Labute approximate surface area is 235 Å². The third-order valence-corrected chi connectivity index (χ3v) is 6.65. The van der Waals surface area contributed by atoms with E-state index in [0.717, 1.165) is 55.8 Å². The molecule has 0 aliphatic heterocycles. The summed E-state index contributed by atoms with van der Waals surface area (Å²) in [4.78, 5) is 25.6. The van der Waals surface area contributed by atoms with Gasteiger partial charge >= 0.3 is 5.97 Å². The van der Waals surface area contributed by atoms with Gasteiger partial charge in [0, 0.05) is 24.9 Å². The Bertz CT molecular complexity index is 1170. The number of fused-ring (bicyclic) bond motifs is 1. The van der Waals surface area contributed by atoms with Crippen LogP contribution in [0.25, 0.3) is 10.9 Å². The third kappa shape index (κ3) is 10.9. The molecule has 1 heterocycles. The summed E-state index contributed by atoms with van der Waals surface area (Å²) in [6.07, 6.45) is 14.8. The molecule has 1 aromatic heterocycles. The minimum Gasteiger partial charge on any atom is -0.489 e. The molecular weight excluding hydrogens is 490 g/mol. The number of hydrogen-bond donors (Lipinski definition) is 0. The average Bonchev–Trinajstić information content (AvgIpc) is 2.89. The van der Waals surface area contributed by atoms with E-state index in [9.17, 15) is 9.59 Å². The summed E-state index contributed by atoms with van der Waals surface area (Å²) in [7, 11) is 0. The van der Waals surface area contributed by atoms with Crippen molar-refractivity contribution in [2.24, 2.45) is 0 Å². The Morgan fingerprint density at radius 3 is 2.28 bits per heavy atom. The van der Waals surface area contributed by atoms with Gasteiger partial charge in [0.15, 0.2) is 5.75 Å². The van der Waals surface area contributed by atoms with E-state index in [0.29, 0.717) is 31.3 Å². The van der Waals surface area contributed by atoms with Crippen molar-refractivity contribution in [3.63, 3.8) is 0 Å². The minimum atomic E-state index is -0.537. The lowest BCUT2D eigenvalue weighted by atomic mass is 10.1. The molecule has 2 aromatic rings. The number of benzene rings is 1. The van der Waals surface area contributed by atoms with Gasteiger partial charge < -0.3 is 18.8 Å². The predicted molar refractivity (Wildman–Crippen MR) is 161 cm³/mol. The molecule has 2 rings (SSSR count). The van der Waals surface area contributed by atoms with Crippen molar-refractivity contribution in [2.75, 3.05) is 13.2 Å². The van der Waals surface area contributed by atoms with Gasteiger partial charge in [-0.25, -0.2) is 0 Å². The predicted octanol–water partition coefficient (Wildman–Crippen LogP) is 8.54. The zero-order chi connectivity index (χ0) is 28.6. The molecule has 0 bridgehead atoms. The number of carbonyl (C=O) groups is 1. The fraction of sp³-hybridized carbons (Fsp3) is 0.576. The van der Waals surface area contributed by atoms with E-state index in [2.05, 4.69) is 46.8 Å². The van der Waals surface area contributed by atoms with Crippen molar-refractivity contribution >= 4 is 16.9 Å². The number of esters is 1. The van der Waals surface area contributed by atoms with Crippen LogP contribution < -0.4 is 19.8 Å². The highest BCUT2D eigenvalue weighted by Gasteiger charge is 2.21. The summed E-state index contributed by atoms with van der Waals surface area (Å²) < 4.78 is 19.3. The van der Waals surface area contributed by atoms with E-state index in [1.54, 1.807) is 4.57 Å². The summed E-state index contributed by atoms with van der Waals surface area (Å²) in [5.74, 6) is 0.455. The van der Waals surface area contributed by atoms with Crippen molar-refractivity contribution in [3.8, 4) is 17.2 Å². The molecule has 0 spiro atoms. The first-order chi connectivity index (χ1) is 18.8. The Balaban J connectivity index is 2.40. The highest BCUT2D eigenvalue weighted by molar-refractivity contribution is 5.90. The van der Waals surface area contributed by atoms with Gasteiger partial charge in [-0.3, -0.25) is 9.59 Å². The zero-order valence-electron chi connectivity index (χ0n) is 25.1. The van der Waals surface area contributed by atoms with Crippen molar-refractivity contribution < 1.29 is 19.0 Å². The molecule has 6 heteroatoms. The van der Waals surface area contributed by atoms with Crippen molar-refractivity contribution in [3.05, 3.63) is 51.9 Å². The largest absolute Gasteiger partial charge is 0.489 e. The summed E-state index contributed by atoms with van der Waals surface area (Å²) >= 11 is 0. The van der Waals surface area contributed by atoms with Gasteiger partial charge in [0.2, 0.25) is 5.75 Å². The molecule has 0 amide bonds. The van der Waals surface area contributed by atoms with E-state index in [1.807, 2.05) is 18.2 Å². The first-order valence-corrected chi connectivity index (χ1v) is 14.7. The van der Waals surface area contributed by atoms with Gasteiger partial charge in [-0.15, -0.1) is 0 Å². The highest BCUT2D eigenvalue weighted by Crippen LogP contribution is 2.35. The molecular formula is C33H49NO5. The lowest BCUT2D eigenvalue weighted by Crippen LogP contribution is -2.25. The highest BCUT2D eigenvalue weighted by atomic mass is 16.6. The molecule has 0 atom stereocenters. The fourth-order valence-electron chi connectivity index (χ4n) is 4.41. The maximum absolute atomic E-state index is 13.7. The van der Waals surface area contributed by atoms with Crippen molar-refractivity contribution in [2.45, 2.75) is 112 Å². The van der Waals surface area contributed by atoms with Crippen LogP contribution in [-0.4, -0.2) is 23.8 Å². The lowest BCUT2D eigenvalue weighted by Gasteiger charge is -2.18. The average molecular weight is 540 g/mol. The van der Waals surface area contributed by atoms with Crippen LogP contribution in [0, 0.1) is 0 Å². The number of allylic oxidation sites excluding steroid dienone is 3. The quantitative estimate of drug-likeness (QED) is 0.108. The molecule has 0 unspecified atom stereocenters. The maximum atomic E-state index is 13.7. The van der Waals surface area contributed by atoms with E-state index in [1.165, 1.54) is 37.3 Å². The SMILES string of the molecule is CCCCCCCCn1c(=O)c(OC(C)=O)c(OCCCC)c2ccc(OC/C=C(\C)CCC=C(C)C)cc21. The number of aromatic nitrogens is 1. The summed E-state index contributed by atoms with van der Waals surface area (Å²) in [5.41, 5.74) is 3.01. The molecule has 0 saturated heterocycles. The molecule has 0 radical (unpaired) electrons. The van der Waals surface area contributed by atoms with Crippen LogP contribution in [0.5, 0.6) is 17.2 Å². The van der Waals surface area contributed by atoms with Crippen molar-refractivity contribution in [1.29, 1.82) is 0 Å². The van der Waals surface area contributed by atoms with Gasteiger partial charge in [-0.2, -0.15) is 0 Å². The van der Waals surface area contributed by atoms with Gasteiger partial charge in [-0.05, 0) is 64.7 Å². The molecule has 0 N–H and O–H groups in total. The number of aryl methyl sites for hydroxylation is 1. The number of nitrogens with zero attached hydrogens (tertiary/aromatic N) is 1. The van der Waals surface area contributed by atoms with Gasteiger partial charge in [0.05, 0.1) is 12.1 Å². The molecule has 6 nitrogen and oxygen atoms in total. The Kier molecular flexibility index (Phi) is 14.5. The van der Waals surface area contributed by atoms with Crippen LogP contribution in [0.15, 0.2) is 46.3 Å². The molecule has 0 aliphatic rings. The van der Waals surface area contributed by atoms with Crippen LogP contribution in [-0.2, 0) is 11.3 Å². The Morgan fingerprint density at radius 1 is 0.872 bits per heavy atom. The number of unbranched alkanes of at least 4 members (excludes halogenated alkanes) is 6. The lowest BCUT2D eigenvalue weighted by molar-refractivity contribution is -0.132. The number of hydrogen-bond acceptors (Lipinski definition) is 5. The molecule has 216 valence electrons. The third-order valence-electron chi connectivity index (χ3n) is 6.65. The number of rotatable bonds is 18. The number of pyridine rings is 1. The van der Waals surface area contributed by atoms with Crippen LogP contribution in [0.3, 0.4) is 0 Å². The second-order valence-corrected chi connectivity index (χ2v) is 10.5. The first kappa shape index (κ1) is 32.2. The second-order valence-electron chi connectivity index (χ2n) is 10.5. The van der Waals surface area contributed by atoms with Gasteiger partial charge in [0.1, 0.15) is 12.4 Å². The normalized spacial score (nSPS) is 11.5. The molecule has 39 heavy (non-hydrogen) atoms. The van der Waals surface area contributed by atoms with Crippen LogP contribution in [0.4, 0.5) is 0 Å². The second kappa shape index (κ2) is 17.5. The van der Waals surface area contributed by atoms with E-state index in [-0.39, 0.29) is 11.3 Å². The van der Waals surface area contributed by atoms with Gasteiger partial charge in [0.25, 0.3) is 5.56 Å². The fourth-order valence-corrected chi connectivity index (χ4v) is 4.41. The molecule has 0 aliphatic carbocycles. The minimum absolute atomic E-state index is 0.0271. The summed E-state index contributed by atoms with van der Waals surface area (Å²) in [5, 5.41) is 0.744. The standard InChI is InChI=1S/C33H49NO5/c1-7-9-11-12-13-14-21-34-30-24-28(37-23-20-26(5)17-15-16-25(3)4)18-19-29(30)31(38-22-10-8-2)32(33(34)36)39-27(6)35/h16,18-20,24H,7-15,17,21-23H2,1-6H3/b26-20+. The van der Waals surface area contributed by atoms with Gasteiger partial charge in [-0.1, -0.05) is 69.6 Å². The first-order valence-electron chi connectivity index (χ1n) is 14.7. The molecule has 0 saturated carbocycles. The van der Waals surface area contributed by atoms with E-state index < -0.39 is 5.97 Å². The number of ether oxygens (including phenoxy) is 3. The smallest absolute Gasteiger partial charge is 0.308 e. The van der Waals surface area contributed by atoms with Crippen molar-refractivity contribution in [1.82, 2.24) is 4.57 Å². The molecule has 0 fully saturated rings. The topological polar surface area (TPSA) is 66.8 Å². The Morgan fingerprint density at radius 2 is 1.59 bits per heavy atom.